The molecule has 1 N–H and O–H groups in total. The molecule has 1 heterocycles. The van der Waals surface area contributed by atoms with Crippen LogP contribution in [0.25, 0.3) is 0 Å². The Bertz CT molecular complexity index is 489. The fraction of sp³-hybridized carbons (Fsp3) is 0.647. The van der Waals surface area contributed by atoms with Crippen molar-refractivity contribution in [1.29, 1.82) is 0 Å². The van der Waals surface area contributed by atoms with Gasteiger partial charge < -0.3 is 10.1 Å². The SMILES string of the molecule is CNC(CSc1cccc(Cl)c1)C1CC(C)(C)OC1(C)C. The highest BCUT2D eigenvalue weighted by atomic mass is 35.5. The van der Waals surface area contributed by atoms with Crippen molar-refractivity contribution in [3.63, 3.8) is 0 Å². The topological polar surface area (TPSA) is 21.3 Å². The summed E-state index contributed by atoms with van der Waals surface area (Å²) in [5.74, 6) is 1.52. The summed E-state index contributed by atoms with van der Waals surface area (Å²) in [6.07, 6.45) is 1.08. The molecule has 1 aromatic carbocycles. The van der Waals surface area contributed by atoms with Crippen LogP contribution in [0.4, 0.5) is 0 Å². The highest BCUT2D eigenvalue weighted by molar-refractivity contribution is 7.99. The van der Waals surface area contributed by atoms with Gasteiger partial charge in [-0.25, -0.2) is 0 Å². The van der Waals surface area contributed by atoms with Crippen LogP contribution in [0.1, 0.15) is 34.1 Å². The van der Waals surface area contributed by atoms with E-state index in [0.29, 0.717) is 12.0 Å². The molecule has 2 nitrogen and oxygen atoms in total. The highest BCUT2D eigenvalue weighted by Crippen LogP contribution is 2.44. The zero-order chi connectivity index (χ0) is 15.7. The van der Waals surface area contributed by atoms with Crippen molar-refractivity contribution in [3.8, 4) is 0 Å². The molecule has 2 atom stereocenters. The van der Waals surface area contributed by atoms with E-state index >= 15 is 0 Å². The third-order valence-corrected chi connectivity index (χ3v) is 5.57. The monoisotopic (exact) mass is 327 g/mol. The molecule has 1 aliphatic heterocycles. The second-order valence-electron chi connectivity index (χ2n) is 6.94. The maximum atomic E-state index is 6.23. The van der Waals surface area contributed by atoms with Gasteiger partial charge in [-0.05, 0) is 59.4 Å². The Kier molecular flexibility index (Phi) is 5.30. The fourth-order valence-electron chi connectivity index (χ4n) is 3.38. The van der Waals surface area contributed by atoms with E-state index in [4.69, 9.17) is 16.3 Å². The molecule has 0 aromatic heterocycles. The van der Waals surface area contributed by atoms with E-state index in [2.05, 4.69) is 39.1 Å². The first kappa shape index (κ1) is 17.1. The Hall–Kier alpha value is -0.220. The molecule has 2 rings (SSSR count). The van der Waals surface area contributed by atoms with Crippen LogP contribution in [-0.2, 0) is 4.74 Å². The summed E-state index contributed by atoms with van der Waals surface area (Å²) in [6.45, 7) is 8.79. The lowest BCUT2D eigenvalue weighted by Crippen LogP contribution is -2.44. The second kappa shape index (κ2) is 6.49. The fourth-order valence-corrected chi connectivity index (χ4v) is 4.79. The lowest BCUT2D eigenvalue weighted by atomic mass is 9.82. The normalized spacial score (nSPS) is 25.0. The summed E-state index contributed by atoms with van der Waals surface area (Å²) in [7, 11) is 2.05. The molecule has 1 fully saturated rings. The largest absolute Gasteiger partial charge is 0.369 e. The van der Waals surface area contributed by atoms with Crippen molar-refractivity contribution in [2.24, 2.45) is 5.92 Å². The van der Waals surface area contributed by atoms with Crippen LogP contribution in [0.5, 0.6) is 0 Å². The van der Waals surface area contributed by atoms with Gasteiger partial charge in [-0.3, -0.25) is 0 Å². The van der Waals surface area contributed by atoms with Crippen molar-refractivity contribution in [3.05, 3.63) is 29.3 Å². The van der Waals surface area contributed by atoms with Crippen LogP contribution in [0, 0.1) is 5.92 Å². The summed E-state index contributed by atoms with van der Waals surface area (Å²) in [5.41, 5.74) is -0.129. The number of ether oxygens (including phenoxy) is 1. The predicted octanol–water partition coefficient (Wildman–Crippen LogP) is 4.61. The molecule has 1 aliphatic rings. The first-order chi connectivity index (χ1) is 9.73. The minimum atomic E-state index is -0.0912. The first-order valence-electron chi connectivity index (χ1n) is 7.49. The molecule has 118 valence electrons. The van der Waals surface area contributed by atoms with E-state index in [0.717, 1.165) is 17.2 Å². The molecular weight excluding hydrogens is 302 g/mol. The van der Waals surface area contributed by atoms with Crippen LogP contribution < -0.4 is 5.32 Å². The molecule has 21 heavy (non-hydrogen) atoms. The van der Waals surface area contributed by atoms with Crippen molar-refractivity contribution in [2.75, 3.05) is 12.8 Å². The Morgan fingerprint density at radius 1 is 1.38 bits per heavy atom. The van der Waals surface area contributed by atoms with Gasteiger partial charge in [0.25, 0.3) is 0 Å². The zero-order valence-corrected chi connectivity index (χ0v) is 15.1. The van der Waals surface area contributed by atoms with Gasteiger partial charge in [0.15, 0.2) is 0 Å². The number of nitrogens with one attached hydrogen (secondary N) is 1. The summed E-state index contributed by atoms with van der Waals surface area (Å²) in [5, 5.41) is 4.29. The predicted molar refractivity (Wildman–Crippen MR) is 92.4 cm³/mol. The molecule has 0 spiro atoms. The Morgan fingerprint density at radius 3 is 2.62 bits per heavy atom. The van der Waals surface area contributed by atoms with Crippen LogP contribution in [0.3, 0.4) is 0 Å². The van der Waals surface area contributed by atoms with Gasteiger partial charge >= 0.3 is 0 Å². The van der Waals surface area contributed by atoms with Gasteiger partial charge in [0.05, 0.1) is 11.2 Å². The molecule has 0 bridgehead atoms. The van der Waals surface area contributed by atoms with Gasteiger partial charge in [0.1, 0.15) is 0 Å². The molecule has 0 saturated carbocycles. The standard InChI is InChI=1S/C17H26ClNOS/c1-16(2)10-14(17(3,4)20-16)15(19-5)11-21-13-8-6-7-12(18)9-13/h6-9,14-15,19H,10-11H2,1-5H3. The van der Waals surface area contributed by atoms with Gasteiger partial charge in [-0.15, -0.1) is 11.8 Å². The van der Waals surface area contributed by atoms with Crippen LogP contribution in [-0.4, -0.2) is 30.0 Å². The molecule has 0 aliphatic carbocycles. The number of hydrogen-bond donors (Lipinski definition) is 1. The molecular formula is C17H26ClNOS. The summed E-state index contributed by atoms with van der Waals surface area (Å²) >= 11 is 7.91. The van der Waals surface area contributed by atoms with Crippen molar-refractivity contribution < 1.29 is 4.74 Å². The molecule has 1 saturated heterocycles. The summed E-state index contributed by atoms with van der Waals surface area (Å²) in [4.78, 5) is 1.22. The van der Waals surface area contributed by atoms with E-state index in [1.807, 2.05) is 37.0 Å². The smallest absolute Gasteiger partial charge is 0.0678 e. The Balaban J connectivity index is 2.03. The van der Waals surface area contributed by atoms with Crippen molar-refractivity contribution in [2.45, 2.75) is 56.3 Å². The molecule has 2 unspecified atom stereocenters. The summed E-state index contributed by atoms with van der Waals surface area (Å²) in [6, 6.07) is 8.48. The average molecular weight is 328 g/mol. The van der Waals surface area contributed by atoms with Crippen molar-refractivity contribution >= 4 is 23.4 Å². The summed E-state index contributed by atoms with van der Waals surface area (Å²) < 4.78 is 6.23. The Labute approximate surface area is 138 Å². The highest BCUT2D eigenvalue weighted by Gasteiger charge is 2.48. The quantitative estimate of drug-likeness (QED) is 0.798. The zero-order valence-electron chi connectivity index (χ0n) is 13.6. The maximum absolute atomic E-state index is 6.23. The van der Waals surface area contributed by atoms with Gasteiger partial charge in [0.2, 0.25) is 0 Å². The average Bonchev–Trinajstić information content (AvgIpc) is 2.58. The van der Waals surface area contributed by atoms with E-state index in [-0.39, 0.29) is 11.2 Å². The van der Waals surface area contributed by atoms with E-state index in [9.17, 15) is 0 Å². The number of thioether (sulfide) groups is 1. The number of rotatable bonds is 5. The molecule has 0 amide bonds. The van der Waals surface area contributed by atoms with E-state index < -0.39 is 0 Å². The lowest BCUT2D eigenvalue weighted by molar-refractivity contribution is -0.0767. The van der Waals surface area contributed by atoms with Crippen LogP contribution in [0.15, 0.2) is 29.2 Å². The van der Waals surface area contributed by atoms with Gasteiger partial charge in [0, 0.05) is 27.6 Å². The third kappa shape index (κ3) is 4.38. The molecule has 0 radical (unpaired) electrons. The van der Waals surface area contributed by atoms with E-state index in [1.165, 1.54) is 4.90 Å². The maximum Gasteiger partial charge on any atom is 0.0678 e. The minimum absolute atomic E-state index is 0.0377. The van der Waals surface area contributed by atoms with Crippen LogP contribution in [0.2, 0.25) is 5.02 Å². The third-order valence-electron chi connectivity index (χ3n) is 4.23. The number of hydrogen-bond acceptors (Lipinski definition) is 3. The van der Waals surface area contributed by atoms with E-state index in [1.54, 1.807) is 0 Å². The minimum Gasteiger partial charge on any atom is -0.369 e. The van der Waals surface area contributed by atoms with Crippen molar-refractivity contribution in [1.82, 2.24) is 5.32 Å². The van der Waals surface area contributed by atoms with Crippen LogP contribution >= 0.6 is 23.4 Å². The number of halogens is 1. The molecule has 4 heteroatoms. The van der Waals surface area contributed by atoms with Gasteiger partial charge in [-0.1, -0.05) is 17.7 Å². The first-order valence-corrected chi connectivity index (χ1v) is 8.86. The number of benzene rings is 1. The lowest BCUT2D eigenvalue weighted by Gasteiger charge is -2.32. The van der Waals surface area contributed by atoms with Gasteiger partial charge in [-0.2, -0.15) is 0 Å². The molecule has 1 aromatic rings. The Morgan fingerprint density at radius 2 is 2.10 bits per heavy atom. The second-order valence-corrected chi connectivity index (χ2v) is 8.47.